The van der Waals surface area contributed by atoms with E-state index >= 15 is 0 Å². The number of aliphatic hydroxyl groups excluding tert-OH is 1. The molecule has 0 radical (unpaired) electrons. The van der Waals surface area contributed by atoms with Crippen molar-refractivity contribution >= 4 is 10.0 Å². The Kier molecular flexibility index (Phi) is 5.92. The van der Waals surface area contributed by atoms with Crippen molar-refractivity contribution in [3.05, 3.63) is 24.0 Å². The van der Waals surface area contributed by atoms with Crippen LogP contribution in [-0.2, 0) is 10.0 Å². The first-order valence-corrected chi connectivity index (χ1v) is 7.25. The molecule has 0 amide bonds. The van der Waals surface area contributed by atoms with Crippen molar-refractivity contribution in [2.24, 2.45) is 5.73 Å². The molecule has 1 heterocycles. The Balaban J connectivity index is 3.14. The number of nitrogens with two attached hydrogens (primary N) is 1. The van der Waals surface area contributed by atoms with E-state index in [9.17, 15) is 8.42 Å². The molecule has 7 heteroatoms. The molecule has 0 atom stereocenters. The second kappa shape index (κ2) is 7.21. The summed E-state index contributed by atoms with van der Waals surface area (Å²) in [5.41, 5.74) is 5.75. The molecule has 1 aromatic rings. The molecular weight excluding hydrogens is 266 g/mol. The van der Waals surface area contributed by atoms with Crippen LogP contribution in [-0.4, -0.2) is 49.1 Å². The molecule has 0 spiro atoms. The number of aromatic nitrogens is 1. The Bertz CT molecular complexity index is 575. The lowest BCUT2D eigenvalue weighted by Gasteiger charge is -2.19. The van der Waals surface area contributed by atoms with Crippen LogP contribution < -0.4 is 5.73 Å². The fourth-order valence-corrected chi connectivity index (χ4v) is 2.92. The number of hydrogen-bond acceptors (Lipinski definition) is 5. The lowest BCUT2D eigenvalue weighted by Crippen LogP contribution is -2.33. The van der Waals surface area contributed by atoms with E-state index in [1.807, 2.05) is 0 Å². The highest BCUT2D eigenvalue weighted by Crippen LogP contribution is 2.15. The molecule has 0 fully saturated rings. The molecule has 3 N–H and O–H groups in total. The van der Waals surface area contributed by atoms with Crippen LogP contribution >= 0.6 is 0 Å². The smallest absolute Gasteiger partial charge is 0.244 e. The molecule has 1 aromatic heterocycles. The minimum absolute atomic E-state index is 0.0531. The zero-order chi connectivity index (χ0) is 14.3. The van der Waals surface area contributed by atoms with Crippen LogP contribution in [0.3, 0.4) is 0 Å². The average Bonchev–Trinajstić information content (AvgIpc) is 2.42. The Morgan fingerprint density at radius 1 is 1.47 bits per heavy atom. The highest BCUT2D eigenvalue weighted by atomic mass is 32.2. The predicted molar refractivity (Wildman–Crippen MR) is 71.7 cm³/mol. The first kappa shape index (κ1) is 15.6. The summed E-state index contributed by atoms with van der Waals surface area (Å²) in [6.07, 6.45) is 2.74. The van der Waals surface area contributed by atoms with Gasteiger partial charge >= 0.3 is 0 Å². The van der Waals surface area contributed by atoms with E-state index in [2.05, 4.69) is 16.8 Å². The van der Waals surface area contributed by atoms with Crippen molar-refractivity contribution < 1.29 is 13.5 Å². The third-order valence-electron chi connectivity index (χ3n) is 2.39. The van der Waals surface area contributed by atoms with E-state index in [4.69, 9.17) is 10.8 Å². The minimum atomic E-state index is -3.65. The van der Waals surface area contributed by atoms with Gasteiger partial charge in [-0.2, -0.15) is 4.31 Å². The normalized spacial score (nSPS) is 11.2. The van der Waals surface area contributed by atoms with E-state index < -0.39 is 10.0 Å². The standard InChI is InChI=1S/C12H17N3O3S/c1-2-15(6-7-16)19(17,18)12-8-11(4-3-5-13)9-14-10-12/h8-10,16H,2,5-7,13H2,1H3. The molecule has 19 heavy (non-hydrogen) atoms. The SMILES string of the molecule is CCN(CCO)S(=O)(=O)c1cncc(C#CCN)c1. The first-order valence-electron chi connectivity index (χ1n) is 5.81. The Morgan fingerprint density at radius 2 is 2.21 bits per heavy atom. The zero-order valence-corrected chi connectivity index (χ0v) is 11.5. The van der Waals surface area contributed by atoms with Gasteiger partial charge in [-0.25, -0.2) is 8.42 Å². The van der Waals surface area contributed by atoms with Gasteiger partial charge in [0.25, 0.3) is 0 Å². The molecule has 0 aliphatic carbocycles. The Hall–Kier alpha value is -1.46. The summed E-state index contributed by atoms with van der Waals surface area (Å²) in [5, 5.41) is 8.89. The van der Waals surface area contributed by atoms with Gasteiger partial charge in [-0.15, -0.1) is 0 Å². The van der Waals surface area contributed by atoms with E-state index in [1.165, 1.54) is 22.8 Å². The molecule has 0 aromatic carbocycles. The molecule has 0 unspecified atom stereocenters. The van der Waals surface area contributed by atoms with Crippen molar-refractivity contribution in [3.63, 3.8) is 0 Å². The van der Waals surface area contributed by atoms with Crippen LogP contribution in [0.15, 0.2) is 23.4 Å². The lowest BCUT2D eigenvalue weighted by atomic mass is 10.3. The molecular formula is C12H17N3O3S. The number of nitrogens with zero attached hydrogens (tertiary/aromatic N) is 2. The minimum Gasteiger partial charge on any atom is -0.395 e. The summed E-state index contributed by atoms with van der Waals surface area (Å²) in [6.45, 7) is 2.01. The average molecular weight is 283 g/mol. The summed E-state index contributed by atoms with van der Waals surface area (Å²) in [7, 11) is -3.65. The summed E-state index contributed by atoms with van der Waals surface area (Å²) in [6, 6.07) is 1.45. The molecule has 0 saturated heterocycles. The van der Waals surface area contributed by atoms with Crippen molar-refractivity contribution in [2.75, 3.05) is 26.2 Å². The quantitative estimate of drug-likeness (QED) is 0.703. The van der Waals surface area contributed by atoms with E-state index in [1.54, 1.807) is 6.92 Å². The van der Waals surface area contributed by atoms with Crippen LogP contribution in [0.2, 0.25) is 0 Å². The summed E-state index contributed by atoms with van der Waals surface area (Å²) in [5.74, 6) is 5.38. The molecule has 0 aliphatic heterocycles. The third kappa shape index (κ3) is 4.01. The molecule has 6 nitrogen and oxygen atoms in total. The first-order chi connectivity index (χ1) is 9.06. The number of rotatable bonds is 5. The molecule has 0 aliphatic rings. The van der Waals surface area contributed by atoms with Gasteiger partial charge < -0.3 is 10.8 Å². The lowest BCUT2D eigenvalue weighted by molar-refractivity contribution is 0.257. The largest absolute Gasteiger partial charge is 0.395 e. The Morgan fingerprint density at radius 3 is 2.79 bits per heavy atom. The van der Waals surface area contributed by atoms with E-state index in [0.717, 1.165) is 0 Å². The Labute approximate surface area is 113 Å². The number of hydrogen-bond donors (Lipinski definition) is 2. The highest BCUT2D eigenvalue weighted by Gasteiger charge is 2.22. The topological polar surface area (TPSA) is 96.5 Å². The summed E-state index contributed by atoms with van der Waals surface area (Å²) < 4.78 is 25.7. The van der Waals surface area contributed by atoms with Crippen molar-refractivity contribution in [2.45, 2.75) is 11.8 Å². The van der Waals surface area contributed by atoms with Crippen molar-refractivity contribution in [3.8, 4) is 11.8 Å². The summed E-state index contributed by atoms with van der Waals surface area (Å²) >= 11 is 0. The molecule has 104 valence electrons. The maximum Gasteiger partial charge on any atom is 0.244 e. The van der Waals surface area contributed by atoms with E-state index in [-0.39, 0.29) is 31.1 Å². The van der Waals surface area contributed by atoms with Gasteiger partial charge in [0.05, 0.1) is 13.2 Å². The van der Waals surface area contributed by atoms with Crippen molar-refractivity contribution in [1.29, 1.82) is 0 Å². The zero-order valence-electron chi connectivity index (χ0n) is 10.7. The summed E-state index contributed by atoms with van der Waals surface area (Å²) in [4.78, 5) is 3.93. The second-order valence-corrected chi connectivity index (χ2v) is 5.57. The van der Waals surface area contributed by atoms with Gasteiger partial charge in [-0.05, 0) is 6.07 Å². The predicted octanol–water partition coefficient (Wildman–Crippen LogP) is -0.605. The van der Waals surface area contributed by atoms with Crippen LogP contribution in [0.5, 0.6) is 0 Å². The van der Waals surface area contributed by atoms with Crippen LogP contribution in [0.25, 0.3) is 0 Å². The fourth-order valence-electron chi connectivity index (χ4n) is 1.49. The monoisotopic (exact) mass is 283 g/mol. The van der Waals surface area contributed by atoms with E-state index in [0.29, 0.717) is 5.56 Å². The maximum absolute atomic E-state index is 12.3. The van der Waals surface area contributed by atoms with Gasteiger partial charge in [0.1, 0.15) is 4.90 Å². The molecule has 0 bridgehead atoms. The maximum atomic E-state index is 12.3. The van der Waals surface area contributed by atoms with Gasteiger partial charge in [-0.3, -0.25) is 4.98 Å². The fraction of sp³-hybridized carbons (Fsp3) is 0.417. The highest BCUT2D eigenvalue weighted by molar-refractivity contribution is 7.89. The number of likely N-dealkylation sites (N-methyl/N-ethyl adjacent to an activating group) is 1. The number of sulfonamides is 1. The third-order valence-corrected chi connectivity index (χ3v) is 4.33. The number of aliphatic hydroxyl groups is 1. The van der Waals surface area contributed by atoms with Crippen LogP contribution in [0.1, 0.15) is 12.5 Å². The molecule has 1 rings (SSSR count). The second-order valence-electron chi connectivity index (χ2n) is 3.64. The van der Waals surface area contributed by atoms with Gasteiger partial charge in [0, 0.05) is 31.0 Å². The number of pyridine rings is 1. The van der Waals surface area contributed by atoms with Crippen LogP contribution in [0.4, 0.5) is 0 Å². The van der Waals surface area contributed by atoms with Gasteiger partial charge in [0.2, 0.25) is 10.0 Å². The van der Waals surface area contributed by atoms with Crippen molar-refractivity contribution in [1.82, 2.24) is 9.29 Å². The van der Waals surface area contributed by atoms with Crippen LogP contribution in [0, 0.1) is 11.8 Å². The van der Waals surface area contributed by atoms with Gasteiger partial charge in [0.15, 0.2) is 0 Å². The van der Waals surface area contributed by atoms with Gasteiger partial charge in [-0.1, -0.05) is 18.8 Å². The molecule has 0 saturated carbocycles.